The highest BCUT2D eigenvalue weighted by atomic mass is 16.2. The molecule has 5 heteroatoms. The first-order valence-electron chi connectivity index (χ1n) is 14.2. The Morgan fingerprint density at radius 1 is 1.17 bits per heavy atom. The van der Waals surface area contributed by atoms with Crippen LogP contribution in [0.4, 0.5) is 5.69 Å². The van der Waals surface area contributed by atoms with Crippen LogP contribution in [0, 0.1) is 29.1 Å². The second kappa shape index (κ2) is 10.2. The average Bonchev–Trinajstić information content (AvgIpc) is 3.31. The molecule has 6 rings (SSSR count). The maximum absolute atomic E-state index is 14.1. The summed E-state index contributed by atoms with van der Waals surface area (Å²) in [4.78, 5) is 27.0. The summed E-state index contributed by atoms with van der Waals surface area (Å²) in [6, 6.07) is 9.81. The number of amides is 1. The van der Waals surface area contributed by atoms with Crippen molar-refractivity contribution in [3.8, 4) is 0 Å². The van der Waals surface area contributed by atoms with E-state index in [-0.39, 0.29) is 23.3 Å². The zero-order chi connectivity index (χ0) is 25.4. The number of nitrogens with zero attached hydrogens (tertiary/aromatic N) is 1. The Kier molecular flexibility index (Phi) is 7.13. The highest BCUT2D eigenvalue weighted by Crippen LogP contribution is 2.65. The molecule has 0 aliphatic heterocycles. The quantitative estimate of drug-likeness (QED) is 0.264. The number of benzene rings is 1. The van der Waals surface area contributed by atoms with Crippen molar-refractivity contribution in [3.05, 3.63) is 53.3 Å². The third kappa shape index (κ3) is 4.55. The minimum Gasteiger partial charge on any atom is -0.348 e. The summed E-state index contributed by atoms with van der Waals surface area (Å²) >= 11 is 0. The largest absolute Gasteiger partial charge is 0.348 e. The van der Waals surface area contributed by atoms with E-state index in [0.29, 0.717) is 24.3 Å². The van der Waals surface area contributed by atoms with Gasteiger partial charge in [-0.15, -0.1) is 0 Å². The number of nitrogens with two attached hydrogens (primary N) is 1. The van der Waals surface area contributed by atoms with E-state index in [2.05, 4.69) is 18.3 Å². The van der Waals surface area contributed by atoms with E-state index in [1.54, 1.807) is 5.01 Å². The smallest absolute Gasteiger partial charge is 0.269 e. The molecule has 4 atom stereocenters. The van der Waals surface area contributed by atoms with Crippen LogP contribution in [0.5, 0.6) is 0 Å². The fourth-order valence-corrected chi connectivity index (χ4v) is 8.18. The van der Waals surface area contributed by atoms with Gasteiger partial charge in [-0.05, 0) is 118 Å². The monoisotopic (exact) mass is 489 g/mol. The lowest BCUT2D eigenvalue weighted by molar-refractivity contribution is -0.123. The molecule has 5 saturated carbocycles. The van der Waals surface area contributed by atoms with Crippen molar-refractivity contribution in [2.45, 2.75) is 91.0 Å². The number of ketones is 1. The van der Waals surface area contributed by atoms with Gasteiger partial charge in [0.05, 0.1) is 5.69 Å². The number of rotatable bonds is 8. The van der Waals surface area contributed by atoms with Gasteiger partial charge in [0.15, 0.2) is 0 Å². The molecule has 5 aliphatic rings. The van der Waals surface area contributed by atoms with E-state index >= 15 is 0 Å². The molecule has 0 spiro atoms. The fraction of sp³-hybridized carbons (Fsp3) is 0.613. The number of hydrogen-bond acceptors (Lipinski definition) is 4. The third-order valence-corrected chi connectivity index (χ3v) is 9.91. The number of Topliss-reactive ketones (excluding diaryl/α,β-unsaturated/α-hetero) is 1. The number of hydrazine groups is 1. The number of nitrogens with one attached hydrogen (secondary N) is 1. The third-order valence-electron chi connectivity index (χ3n) is 9.91. The van der Waals surface area contributed by atoms with E-state index in [1.807, 2.05) is 44.2 Å². The van der Waals surface area contributed by atoms with E-state index in [4.69, 9.17) is 5.84 Å². The molecule has 4 bridgehead atoms. The van der Waals surface area contributed by atoms with Crippen molar-refractivity contribution >= 4 is 17.4 Å². The van der Waals surface area contributed by atoms with Crippen molar-refractivity contribution < 1.29 is 9.59 Å². The zero-order valence-electron chi connectivity index (χ0n) is 22.3. The summed E-state index contributed by atoms with van der Waals surface area (Å²) in [5, 5.41) is 5.00. The summed E-state index contributed by atoms with van der Waals surface area (Å²) in [7, 11) is 0. The lowest BCUT2D eigenvalue weighted by Crippen LogP contribution is -2.50. The first-order valence-corrected chi connectivity index (χ1v) is 14.2. The molecular weight excluding hydrogens is 446 g/mol. The molecule has 5 fully saturated rings. The van der Waals surface area contributed by atoms with Crippen molar-refractivity contribution in [2.75, 3.05) is 5.01 Å². The van der Waals surface area contributed by atoms with Gasteiger partial charge in [-0.2, -0.15) is 0 Å². The Morgan fingerprint density at radius 3 is 2.47 bits per heavy atom. The SMILES string of the molecule is C/C=C1\CCC(C(=O)CCC)C\C1=C(/C(=O)NC(C)C12CC3CC(C1)C(C3)C2)N(N)c1ccccc1. The Bertz CT molecular complexity index is 1040. The summed E-state index contributed by atoms with van der Waals surface area (Å²) in [5.74, 6) is 9.43. The van der Waals surface area contributed by atoms with Crippen LogP contribution in [-0.4, -0.2) is 17.7 Å². The number of anilines is 1. The van der Waals surface area contributed by atoms with Crippen molar-refractivity contribution in [1.82, 2.24) is 5.32 Å². The number of para-hydroxylation sites is 1. The molecule has 36 heavy (non-hydrogen) atoms. The summed E-state index contributed by atoms with van der Waals surface area (Å²) in [6.07, 6.45) is 12.3. The van der Waals surface area contributed by atoms with E-state index in [1.165, 1.54) is 32.1 Å². The summed E-state index contributed by atoms with van der Waals surface area (Å²) < 4.78 is 0. The molecule has 1 amide bonds. The highest BCUT2D eigenvalue weighted by molar-refractivity contribution is 5.99. The van der Waals surface area contributed by atoms with Gasteiger partial charge in [-0.25, -0.2) is 5.84 Å². The zero-order valence-corrected chi connectivity index (χ0v) is 22.3. The van der Waals surface area contributed by atoms with Crippen molar-refractivity contribution in [3.63, 3.8) is 0 Å². The minimum absolute atomic E-state index is 0.0484. The van der Waals surface area contributed by atoms with Crippen LogP contribution in [0.2, 0.25) is 0 Å². The van der Waals surface area contributed by atoms with Crippen LogP contribution >= 0.6 is 0 Å². The number of carbonyl (C=O) groups is 2. The van der Waals surface area contributed by atoms with E-state index < -0.39 is 0 Å². The van der Waals surface area contributed by atoms with Crippen LogP contribution in [0.25, 0.3) is 0 Å². The first kappa shape index (κ1) is 25.3. The molecule has 5 nitrogen and oxygen atoms in total. The minimum atomic E-state index is -0.108. The van der Waals surface area contributed by atoms with Crippen LogP contribution in [-0.2, 0) is 9.59 Å². The fourth-order valence-electron chi connectivity index (χ4n) is 8.18. The van der Waals surface area contributed by atoms with Gasteiger partial charge in [-0.3, -0.25) is 14.6 Å². The van der Waals surface area contributed by atoms with Gasteiger partial charge in [-0.1, -0.05) is 31.2 Å². The van der Waals surface area contributed by atoms with Gasteiger partial charge < -0.3 is 5.32 Å². The second-order valence-electron chi connectivity index (χ2n) is 12.0. The predicted octanol–water partition coefficient (Wildman–Crippen LogP) is 6.07. The highest BCUT2D eigenvalue weighted by Gasteiger charge is 2.58. The predicted molar refractivity (Wildman–Crippen MR) is 145 cm³/mol. The standard InChI is InChI=1S/C31H43N3O2/c1-4-9-28(35)23-13-12-22(5-2)27(16-23)29(34(32)26-10-7-6-8-11-26)30(36)33-20(3)31-17-21-14-24(18-31)25(15-21)19-31/h5-8,10-11,20-21,23-25H,4,9,12-19,32H2,1-3H3,(H,33,36)/b22-5+,29-27-. The van der Waals surface area contributed by atoms with Gasteiger partial charge in [0.2, 0.25) is 0 Å². The molecule has 1 aromatic carbocycles. The average molecular weight is 490 g/mol. The lowest BCUT2D eigenvalue weighted by atomic mass is 9.65. The Balaban J connectivity index is 1.47. The van der Waals surface area contributed by atoms with E-state index in [0.717, 1.165) is 53.8 Å². The van der Waals surface area contributed by atoms with Gasteiger partial charge in [0, 0.05) is 18.4 Å². The van der Waals surface area contributed by atoms with Gasteiger partial charge in [0.1, 0.15) is 11.5 Å². The molecule has 0 heterocycles. The molecule has 0 aromatic heterocycles. The lowest BCUT2D eigenvalue weighted by Gasteiger charge is -2.43. The number of hydrogen-bond donors (Lipinski definition) is 2. The molecule has 1 aromatic rings. The second-order valence-corrected chi connectivity index (χ2v) is 12.0. The molecule has 5 aliphatic carbocycles. The molecule has 0 saturated heterocycles. The molecule has 0 radical (unpaired) electrons. The topological polar surface area (TPSA) is 75.4 Å². The maximum Gasteiger partial charge on any atom is 0.269 e. The Morgan fingerprint density at radius 2 is 1.86 bits per heavy atom. The summed E-state index contributed by atoms with van der Waals surface area (Å²) in [5.41, 5.74) is 3.57. The number of allylic oxidation sites excluding steroid dienone is 3. The normalized spacial score (nSPS) is 34.1. The van der Waals surface area contributed by atoms with Crippen LogP contribution < -0.4 is 16.2 Å². The molecule has 3 N–H and O–H groups in total. The van der Waals surface area contributed by atoms with Crippen molar-refractivity contribution in [1.29, 1.82) is 0 Å². The van der Waals surface area contributed by atoms with Crippen LogP contribution in [0.1, 0.15) is 85.0 Å². The molecule has 194 valence electrons. The summed E-state index contributed by atoms with van der Waals surface area (Å²) in [6.45, 7) is 6.28. The molecule has 4 unspecified atom stereocenters. The Labute approximate surface area is 216 Å². The van der Waals surface area contributed by atoms with E-state index in [9.17, 15) is 9.59 Å². The van der Waals surface area contributed by atoms with Gasteiger partial charge >= 0.3 is 0 Å². The first-order chi connectivity index (χ1) is 17.3. The van der Waals surface area contributed by atoms with Gasteiger partial charge in [0.25, 0.3) is 5.91 Å². The number of carbonyl (C=O) groups excluding carboxylic acids is 2. The van der Waals surface area contributed by atoms with Crippen LogP contribution in [0.15, 0.2) is 53.3 Å². The maximum atomic E-state index is 14.1. The molecular formula is C31H43N3O2. The Hall–Kier alpha value is -2.40. The van der Waals surface area contributed by atoms with Crippen LogP contribution in [0.3, 0.4) is 0 Å². The van der Waals surface area contributed by atoms with Crippen molar-refractivity contribution in [2.24, 2.45) is 34.9 Å².